The first kappa shape index (κ1) is 15.5. The van der Waals surface area contributed by atoms with Gasteiger partial charge in [0, 0.05) is 26.1 Å². The van der Waals surface area contributed by atoms with Gasteiger partial charge in [0.15, 0.2) is 0 Å². The number of nitrogens with one attached hydrogen (secondary N) is 1. The minimum Gasteiger partial charge on any atom is -0.361 e. The summed E-state index contributed by atoms with van der Waals surface area (Å²) in [5, 5.41) is 6.73. The van der Waals surface area contributed by atoms with E-state index in [9.17, 15) is 9.59 Å². The molecule has 6 nitrogen and oxygen atoms in total. The fraction of sp³-hybridized carbons (Fsp3) is 0.667. The zero-order chi connectivity index (χ0) is 15.2. The van der Waals surface area contributed by atoms with Crippen molar-refractivity contribution in [3.05, 3.63) is 17.0 Å². The minimum absolute atomic E-state index is 0.00784. The van der Waals surface area contributed by atoms with Gasteiger partial charge in [0.25, 0.3) is 5.91 Å². The Labute approximate surface area is 124 Å². The number of amides is 2. The monoisotopic (exact) mass is 293 g/mol. The molecular formula is C15H23N3O3. The smallest absolute Gasteiger partial charge is 0.259 e. The molecule has 0 unspecified atom stereocenters. The van der Waals surface area contributed by atoms with Crippen LogP contribution in [0.2, 0.25) is 0 Å². The van der Waals surface area contributed by atoms with Crippen molar-refractivity contribution in [3.8, 4) is 0 Å². The molecule has 1 aliphatic rings. The molecule has 0 bridgehead atoms. The maximum Gasteiger partial charge on any atom is 0.259 e. The Morgan fingerprint density at radius 2 is 1.95 bits per heavy atom. The van der Waals surface area contributed by atoms with E-state index in [-0.39, 0.29) is 11.8 Å². The first-order valence-corrected chi connectivity index (χ1v) is 7.58. The van der Waals surface area contributed by atoms with Crippen molar-refractivity contribution in [1.82, 2.24) is 15.4 Å². The summed E-state index contributed by atoms with van der Waals surface area (Å²) in [7, 11) is 0. The first-order chi connectivity index (χ1) is 10.1. The molecule has 21 heavy (non-hydrogen) atoms. The molecule has 116 valence electrons. The van der Waals surface area contributed by atoms with Crippen molar-refractivity contribution < 1.29 is 14.1 Å². The highest BCUT2D eigenvalue weighted by atomic mass is 16.5. The lowest BCUT2D eigenvalue weighted by Gasteiger charge is -2.22. The molecule has 1 N–H and O–H groups in total. The Balaban J connectivity index is 2.10. The second kappa shape index (κ2) is 7.24. The van der Waals surface area contributed by atoms with E-state index in [1.807, 2.05) is 0 Å². The molecule has 6 heteroatoms. The number of hydrogen-bond acceptors (Lipinski definition) is 4. The van der Waals surface area contributed by atoms with Gasteiger partial charge in [-0.15, -0.1) is 0 Å². The van der Waals surface area contributed by atoms with Crippen LogP contribution in [0.1, 0.15) is 53.9 Å². The molecule has 0 aliphatic carbocycles. The predicted octanol–water partition coefficient (Wildman–Crippen LogP) is 1.81. The van der Waals surface area contributed by atoms with Gasteiger partial charge >= 0.3 is 0 Å². The van der Waals surface area contributed by atoms with Gasteiger partial charge in [0.05, 0.1) is 5.69 Å². The molecule has 0 saturated carbocycles. The van der Waals surface area contributed by atoms with Crippen LogP contribution in [0.4, 0.5) is 0 Å². The summed E-state index contributed by atoms with van der Waals surface area (Å²) >= 11 is 0. The topological polar surface area (TPSA) is 75.4 Å². The van der Waals surface area contributed by atoms with Crippen LogP contribution in [0.5, 0.6) is 0 Å². The Kier molecular flexibility index (Phi) is 5.36. The molecule has 0 atom stereocenters. The summed E-state index contributed by atoms with van der Waals surface area (Å²) in [4.78, 5) is 26.1. The van der Waals surface area contributed by atoms with Crippen LogP contribution in [0.15, 0.2) is 4.52 Å². The van der Waals surface area contributed by atoms with Gasteiger partial charge in [-0.05, 0) is 26.7 Å². The molecular weight excluding hydrogens is 270 g/mol. The van der Waals surface area contributed by atoms with E-state index < -0.39 is 0 Å². The van der Waals surface area contributed by atoms with Gasteiger partial charge in [0.2, 0.25) is 5.91 Å². The number of aromatic nitrogens is 1. The number of carbonyl (C=O) groups is 2. The third-order valence-electron chi connectivity index (χ3n) is 3.82. The highest BCUT2D eigenvalue weighted by molar-refractivity contribution is 5.96. The Morgan fingerprint density at radius 3 is 2.67 bits per heavy atom. The fourth-order valence-corrected chi connectivity index (χ4v) is 2.60. The Hall–Kier alpha value is -1.85. The summed E-state index contributed by atoms with van der Waals surface area (Å²) in [5.74, 6) is 0.461. The summed E-state index contributed by atoms with van der Waals surface area (Å²) in [6, 6.07) is 0. The number of carbonyl (C=O) groups excluding carboxylic acids is 2. The molecule has 1 aromatic rings. The molecule has 1 saturated heterocycles. The van der Waals surface area contributed by atoms with Crippen molar-refractivity contribution in [2.45, 2.75) is 46.0 Å². The van der Waals surface area contributed by atoms with Crippen molar-refractivity contribution in [2.24, 2.45) is 0 Å². The third-order valence-corrected chi connectivity index (χ3v) is 3.82. The standard InChI is InChI=1S/C15H23N3O3/c1-11-14(12(2)21-17-11)15(20)18-9-6-4-3-5-8-16-13(19)7-10-18/h3-10H2,1-2H3,(H,16,19). The maximum atomic E-state index is 12.7. The Bertz CT molecular complexity index is 491. The minimum atomic E-state index is -0.0849. The highest BCUT2D eigenvalue weighted by Crippen LogP contribution is 2.16. The lowest BCUT2D eigenvalue weighted by molar-refractivity contribution is -0.121. The molecule has 2 heterocycles. The second-order valence-electron chi connectivity index (χ2n) is 5.51. The van der Waals surface area contributed by atoms with Gasteiger partial charge in [-0.1, -0.05) is 18.0 Å². The van der Waals surface area contributed by atoms with Gasteiger partial charge in [0.1, 0.15) is 11.3 Å². The van der Waals surface area contributed by atoms with Crippen molar-refractivity contribution in [1.29, 1.82) is 0 Å². The molecule has 2 amide bonds. The molecule has 1 fully saturated rings. The van der Waals surface area contributed by atoms with Crippen molar-refractivity contribution in [3.63, 3.8) is 0 Å². The van der Waals surface area contributed by atoms with E-state index in [0.29, 0.717) is 36.5 Å². The van der Waals surface area contributed by atoms with Gasteiger partial charge < -0.3 is 14.7 Å². The van der Waals surface area contributed by atoms with E-state index in [1.54, 1.807) is 18.7 Å². The van der Waals surface area contributed by atoms with E-state index in [2.05, 4.69) is 10.5 Å². The molecule has 1 aliphatic heterocycles. The lowest BCUT2D eigenvalue weighted by Crippen LogP contribution is -2.36. The van der Waals surface area contributed by atoms with Crippen molar-refractivity contribution in [2.75, 3.05) is 19.6 Å². The average Bonchev–Trinajstić information content (AvgIpc) is 2.76. The van der Waals surface area contributed by atoms with E-state index in [4.69, 9.17) is 4.52 Å². The van der Waals surface area contributed by atoms with Crippen LogP contribution in [0.25, 0.3) is 0 Å². The predicted molar refractivity (Wildman–Crippen MR) is 78.0 cm³/mol. The fourth-order valence-electron chi connectivity index (χ4n) is 2.60. The molecule has 0 aromatic carbocycles. The first-order valence-electron chi connectivity index (χ1n) is 7.58. The molecule has 0 radical (unpaired) electrons. The lowest BCUT2D eigenvalue weighted by atomic mass is 10.1. The van der Waals surface area contributed by atoms with Gasteiger partial charge in [-0.3, -0.25) is 9.59 Å². The third kappa shape index (κ3) is 4.06. The maximum absolute atomic E-state index is 12.7. The number of nitrogens with zero attached hydrogens (tertiary/aromatic N) is 2. The summed E-state index contributed by atoms with van der Waals surface area (Å²) in [5.41, 5.74) is 1.14. The molecule has 1 aromatic heterocycles. The summed E-state index contributed by atoms with van der Waals surface area (Å²) < 4.78 is 5.07. The number of aryl methyl sites for hydroxylation is 2. The number of rotatable bonds is 1. The highest BCUT2D eigenvalue weighted by Gasteiger charge is 2.23. The van der Waals surface area contributed by atoms with Crippen LogP contribution in [-0.2, 0) is 4.79 Å². The zero-order valence-electron chi connectivity index (χ0n) is 12.8. The SMILES string of the molecule is Cc1noc(C)c1C(=O)N1CCCCCCNC(=O)CC1. The Morgan fingerprint density at radius 1 is 1.19 bits per heavy atom. The van der Waals surface area contributed by atoms with Crippen molar-refractivity contribution >= 4 is 11.8 Å². The quantitative estimate of drug-likeness (QED) is 0.857. The van der Waals surface area contributed by atoms with Crippen LogP contribution in [0, 0.1) is 13.8 Å². The second-order valence-corrected chi connectivity index (χ2v) is 5.51. The largest absolute Gasteiger partial charge is 0.361 e. The molecule has 0 spiro atoms. The van der Waals surface area contributed by atoms with Crippen LogP contribution in [0.3, 0.4) is 0 Å². The van der Waals surface area contributed by atoms with Crippen LogP contribution in [-0.4, -0.2) is 41.5 Å². The average molecular weight is 293 g/mol. The van der Waals surface area contributed by atoms with Crippen LogP contribution < -0.4 is 5.32 Å². The van der Waals surface area contributed by atoms with E-state index in [1.165, 1.54) is 0 Å². The van der Waals surface area contributed by atoms with Gasteiger partial charge in [-0.2, -0.15) is 0 Å². The zero-order valence-corrected chi connectivity index (χ0v) is 12.8. The number of hydrogen-bond donors (Lipinski definition) is 1. The molecule has 2 rings (SSSR count). The van der Waals surface area contributed by atoms with Crippen LogP contribution >= 0.6 is 0 Å². The van der Waals surface area contributed by atoms with Gasteiger partial charge in [-0.25, -0.2) is 0 Å². The summed E-state index contributed by atoms with van der Waals surface area (Å²) in [6.07, 6.45) is 4.46. The normalized spacial score (nSPS) is 18.0. The van der Waals surface area contributed by atoms with E-state index in [0.717, 1.165) is 32.2 Å². The van der Waals surface area contributed by atoms with E-state index >= 15 is 0 Å². The summed E-state index contributed by atoms with van der Waals surface area (Å²) in [6.45, 7) is 5.36.